The van der Waals surface area contributed by atoms with Crippen molar-refractivity contribution in [1.82, 2.24) is 5.32 Å². The number of thiophene rings is 1. The lowest BCUT2D eigenvalue weighted by Gasteiger charge is -2.16. The van der Waals surface area contributed by atoms with Gasteiger partial charge in [-0.25, -0.2) is 8.42 Å². The van der Waals surface area contributed by atoms with Crippen LogP contribution in [0.1, 0.15) is 28.1 Å². The average molecular weight is 354 g/mol. The fraction of sp³-hybridized carbons (Fsp3) is 0.267. The van der Waals surface area contributed by atoms with Crippen molar-refractivity contribution in [2.75, 3.05) is 0 Å². The van der Waals surface area contributed by atoms with Crippen LogP contribution in [0, 0.1) is 0 Å². The van der Waals surface area contributed by atoms with E-state index >= 15 is 0 Å². The number of benzene rings is 1. The SMILES string of the molecule is O=C(NC1CC1)c1cc2c(s1)-c1ccc(Cl)cc1S(=O)(=O)C2. The van der Waals surface area contributed by atoms with Crippen LogP contribution in [0.5, 0.6) is 0 Å². The first-order valence-electron chi connectivity index (χ1n) is 6.90. The molecule has 4 nitrogen and oxygen atoms in total. The monoisotopic (exact) mass is 353 g/mol. The van der Waals surface area contributed by atoms with Gasteiger partial charge < -0.3 is 5.32 Å². The van der Waals surface area contributed by atoms with Gasteiger partial charge in [0.25, 0.3) is 5.91 Å². The molecule has 22 heavy (non-hydrogen) atoms. The summed E-state index contributed by atoms with van der Waals surface area (Å²) in [6, 6.07) is 6.86. The summed E-state index contributed by atoms with van der Waals surface area (Å²) in [6.45, 7) is 0. The Labute approximate surface area is 137 Å². The van der Waals surface area contributed by atoms with E-state index in [-0.39, 0.29) is 22.6 Å². The molecule has 4 rings (SSSR count). The minimum atomic E-state index is -3.41. The zero-order chi connectivity index (χ0) is 15.5. The highest BCUT2D eigenvalue weighted by molar-refractivity contribution is 7.91. The van der Waals surface area contributed by atoms with Crippen molar-refractivity contribution in [2.24, 2.45) is 0 Å². The van der Waals surface area contributed by atoms with Crippen LogP contribution in [0.3, 0.4) is 0 Å². The van der Waals surface area contributed by atoms with Crippen LogP contribution in [0.2, 0.25) is 5.02 Å². The highest BCUT2D eigenvalue weighted by atomic mass is 35.5. The summed E-state index contributed by atoms with van der Waals surface area (Å²) in [5.41, 5.74) is 1.34. The lowest BCUT2D eigenvalue weighted by molar-refractivity contribution is 0.0955. The Morgan fingerprint density at radius 1 is 1.27 bits per heavy atom. The van der Waals surface area contributed by atoms with Crippen molar-refractivity contribution in [3.05, 3.63) is 39.7 Å². The second kappa shape index (κ2) is 4.81. The Balaban J connectivity index is 1.82. The number of fused-ring (bicyclic) bond motifs is 3. The topological polar surface area (TPSA) is 63.2 Å². The van der Waals surface area contributed by atoms with E-state index in [1.807, 2.05) is 0 Å². The van der Waals surface area contributed by atoms with E-state index in [4.69, 9.17) is 11.6 Å². The molecule has 2 heterocycles. The number of nitrogens with one attached hydrogen (secondary N) is 1. The average Bonchev–Trinajstić information content (AvgIpc) is 3.16. The molecule has 1 N–H and O–H groups in total. The van der Waals surface area contributed by atoms with E-state index in [0.29, 0.717) is 21.0 Å². The van der Waals surface area contributed by atoms with Crippen molar-refractivity contribution in [2.45, 2.75) is 29.5 Å². The molecular weight excluding hydrogens is 342 g/mol. The summed E-state index contributed by atoms with van der Waals surface area (Å²) >= 11 is 7.27. The first kappa shape index (κ1) is 14.2. The molecule has 0 saturated heterocycles. The van der Waals surface area contributed by atoms with Crippen molar-refractivity contribution >= 4 is 38.7 Å². The van der Waals surface area contributed by atoms with Gasteiger partial charge in [0.2, 0.25) is 0 Å². The summed E-state index contributed by atoms with van der Waals surface area (Å²) in [7, 11) is -3.41. The van der Waals surface area contributed by atoms with Gasteiger partial charge in [-0.3, -0.25) is 4.79 Å². The number of carbonyl (C=O) groups excluding carboxylic acids is 1. The van der Waals surface area contributed by atoms with Gasteiger partial charge in [-0.2, -0.15) is 0 Å². The van der Waals surface area contributed by atoms with Crippen molar-refractivity contribution in [3.63, 3.8) is 0 Å². The smallest absolute Gasteiger partial charge is 0.261 e. The maximum Gasteiger partial charge on any atom is 0.261 e. The molecule has 1 amide bonds. The highest BCUT2D eigenvalue weighted by Gasteiger charge is 2.32. The number of carbonyl (C=O) groups is 1. The third kappa shape index (κ3) is 2.35. The number of amides is 1. The fourth-order valence-corrected chi connectivity index (χ4v) is 5.70. The van der Waals surface area contributed by atoms with E-state index < -0.39 is 9.84 Å². The van der Waals surface area contributed by atoms with E-state index in [1.165, 1.54) is 17.4 Å². The van der Waals surface area contributed by atoms with Crippen LogP contribution in [-0.2, 0) is 15.6 Å². The first-order chi connectivity index (χ1) is 10.4. The molecule has 1 aromatic carbocycles. The van der Waals surface area contributed by atoms with Crippen LogP contribution in [0.25, 0.3) is 10.4 Å². The second-order valence-corrected chi connectivity index (χ2v) is 9.06. The summed E-state index contributed by atoms with van der Waals surface area (Å²) in [4.78, 5) is 13.8. The van der Waals surface area contributed by atoms with Gasteiger partial charge in [0.05, 0.1) is 15.5 Å². The van der Waals surface area contributed by atoms with Gasteiger partial charge in [0.1, 0.15) is 0 Å². The molecule has 1 saturated carbocycles. The lowest BCUT2D eigenvalue weighted by Crippen LogP contribution is -2.24. The Hall–Kier alpha value is -1.37. The first-order valence-corrected chi connectivity index (χ1v) is 9.75. The normalized spacial score (nSPS) is 18.4. The summed E-state index contributed by atoms with van der Waals surface area (Å²) in [5.74, 6) is -0.196. The van der Waals surface area contributed by atoms with Crippen LogP contribution in [0.4, 0.5) is 0 Å². The quantitative estimate of drug-likeness (QED) is 0.901. The summed E-state index contributed by atoms with van der Waals surface area (Å²) in [6.07, 6.45) is 2.04. The highest BCUT2D eigenvalue weighted by Crippen LogP contribution is 2.43. The van der Waals surface area contributed by atoms with Gasteiger partial charge >= 0.3 is 0 Å². The summed E-state index contributed by atoms with van der Waals surface area (Å²) < 4.78 is 24.8. The van der Waals surface area contributed by atoms with Crippen molar-refractivity contribution < 1.29 is 13.2 Å². The molecular formula is C15H12ClNO3S2. The second-order valence-electron chi connectivity index (χ2n) is 5.61. The standard InChI is InChI=1S/C15H12ClNO3S2/c16-9-1-4-11-13(6-9)22(19,20)7-8-5-12(21-14(8)11)15(18)17-10-2-3-10/h1,4-6,10H,2-3,7H2,(H,17,18). The number of hydrogen-bond donors (Lipinski definition) is 1. The van der Waals surface area contributed by atoms with Gasteiger partial charge in [0, 0.05) is 21.5 Å². The molecule has 2 aromatic rings. The molecule has 7 heteroatoms. The van der Waals surface area contributed by atoms with Crippen LogP contribution in [0.15, 0.2) is 29.2 Å². The molecule has 0 radical (unpaired) electrons. The summed E-state index contributed by atoms with van der Waals surface area (Å²) in [5, 5.41) is 3.33. The Morgan fingerprint density at radius 2 is 2.05 bits per heavy atom. The van der Waals surface area contributed by atoms with E-state index in [2.05, 4.69) is 5.32 Å². The third-order valence-corrected chi connectivity index (χ3v) is 6.96. The van der Waals surface area contributed by atoms with E-state index in [0.717, 1.165) is 17.7 Å². The molecule has 1 aromatic heterocycles. The zero-order valence-corrected chi connectivity index (χ0v) is 13.8. The van der Waals surface area contributed by atoms with E-state index in [9.17, 15) is 13.2 Å². The Bertz CT molecular complexity index is 898. The van der Waals surface area contributed by atoms with E-state index in [1.54, 1.807) is 18.2 Å². The third-order valence-electron chi connectivity index (χ3n) is 3.81. The van der Waals surface area contributed by atoms with Crippen molar-refractivity contribution in [1.29, 1.82) is 0 Å². The molecule has 1 aliphatic carbocycles. The number of sulfone groups is 1. The van der Waals surface area contributed by atoms with Crippen LogP contribution < -0.4 is 5.32 Å². The fourth-order valence-electron chi connectivity index (χ4n) is 2.58. The minimum Gasteiger partial charge on any atom is -0.349 e. The zero-order valence-electron chi connectivity index (χ0n) is 11.4. The number of rotatable bonds is 2. The largest absolute Gasteiger partial charge is 0.349 e. The molecule has 0 spiro atoms. The molecule has 1 aliphatic heterocycles. The van der Waals surface area contributed by atoms with Gasteiger partial charge in [0.15, 0.2) is 9.84 Å². The number of hydrogen-bond acceptors (Lipinski definition) is 4. The van der Waals surface area contributed by atoms with Crippen molar-refractivity contribution in [3.8, 4) is 10.4 Å². The predicted molar refractivity (Wildman–Crippen MR) is 86.1 cm³/mol. The number of halogens is 1. The lowest BCUT2D eigenvalue weighted by atomic mass is 10.1. The molecule has 0 unspecified atom stereocenters. The minimum absolute atomic E-state index is 0.0805. The van der Waals surface area contributed by atoms with Gasteiger partial charge in [-0.05, 0) is 36.6 Å². The van der Waals surface area contributed by atoms with Gasteiger partial charge in [-0.1, -0.05) is 17.7 Å². The molecule has 2 aliphatic rings. The van der Waals surface area contributed by atoms with Gasteiger partial charge in [-0.15, -0.1) is 11.3 Å². The van der Waals surface area contributed by atoms with Crippen LogP contribution in [-0.4, -0.2) is 20.4 Å². The Kier molecular flexibility index (Phi) is 3.11. The molecule has 1 fully saturated rings. The maximum absolute atomic E-state index is 12.4. The predicted octanol–water partition coefficient (Wildman–Crippen LogP) is 3.25. The molecule has 114 valence electrons. The maximum atomic E-state index is 12.4. The van der Waals surface area contributed by atoms with Crippen LogP contribution >= 0.6 is 22.9 Å². The molecule has 0 bridgehead atoms. The Morgan fingerprint density at radius 3 is 2.77 bits per heavy atom. The molecule has 0 atom stereocenters.